The standard InChI is InChI=1S/C25H23N3O6/c29-23(28-11-5-10-22(28)24(30)31)21-12-15(34-27-21)13-26-25(32)33-14-20-18-8-3-1-6-16(18)17-7-2-4-9-19(17)20/h1-4,6-9,12,20,22H,5,10-11,13-14H2,(H,26,32)(H,30,31)/t22-/m1/s1. The number of alkyl carbamates (subject to hydrolysis) is 1. The number of hydrogen-bond acceptors (Lipinski definition) is 6. The molecule has 5 rings (SSSR count). The fraction of sp³-hybridized carbons (Fsp3) is 0.280. The fourth-order valence-electron chi connectivity index (χ4n) is 4.72. The fourth-order valence-corrected chi connectivity index (χ4v) is 4.72. The number of carbonyl (C=O) groups excluding carboxylic acids is 2. The van der Waals surface area contributed by atoms with Gasteiger partial charge in [0, 0.05) is 18.5 Å². The number of hydrogen-bond donors (Lipinski definition) is 2. The molecular formula is C25H23N3O6. The third-order valence-electron chi connectivity index (χ3n) is 6.33. The summed E-state index contributed by atoms with van der Waals surface area (Å²) in [6, 6.07) is 16.7. The lowest BCUT2D eigenvalue weighted by Gasteiger charge is -2.19. The van der Waals surface area contributed by atoms with Crippen molar-refractivity contribution in [2.75, 3.05) is 13.2 Å². The molecule has 0 saturated carbocycles. The van der Waals surface area contributed by atoms with Crippen molar-refractivity contribution in [2.45, 2.75) is 31.3 Å². The highest BCUT2D eigenvalue weighted by Crippen LogP contribution is 2.44. The summed E-state index contributed by atoms with van der Waals surface area (Å²) < 4.78 is 10.6. The Labute approximate surface area is 195 Å². The first-order valence-electron chi connectivity index (χ1n) is 11.1. The number of benzene rings is 2. The number of carboxylic acids is 1. The molecule has 1 aliphatic carbocycles. The number of nitrogens with one attached hydrogen (secondary N) is 1. The zero-order valence-corrected chi connectivity index (χ0v) is 18.3. The lowest BCUT2D eigenvalue weighted by Crippen LogP contribution is -2.40. The van der Waals surface area contributed by atoms with Crippen molar-refractivity contribution in [1.82, 2.24) is 15.4 Å². The molecule has 2 aliphatic rings. The Morgan fingerprint density at radius 2 is 1.76 bits per heavy atom. The molecule has 3 aromatic rings. The van der Waals surface area contributed by atoms with Crippen LogP contribution in [0.25, 0.3) is 11.1 Å². The van der Waals surface area contributed by atoms with Gasteiger partial charge in [-0.3, -0.25) is 4.79 Å². The first-order valence-corrected chi connectivity index (χ1v) is 11.1. The summed E-state index contributed by atoms with van der Waals surface area (Å²) in [5.74, 6) is -1.31. The van der Waals surface area contributed by atoms with Gasteiger partial charge in [-0.1, -0.05) is 53.7 Å². The van der Waals surface area contributed by atoms with E-state index in [4.69, 9.17) is 9.26 Å². The molecule has 2 amide bonds. The predicted molar refractivity (Wildman–Crippen MR) is 120 cm³/mol. The van der Waals surface area contributed by atoms with Crippen molar-refractivity contribution >= 4 is 18.0 Å². The summed E-state index contributed by atoms with van der Waals surface area (Å²) in [5, 5.41) is 15.6. The van der Waals surface area contributed by atoms with E-state index < -0.39 is 24.0 Å². The SMILES string of the molecule is O=C(NCc1cc(C(=O)N2CCC[C@@H]2C(=O)O)no1)OCC1c2ccccc2-c2ccccc21. The van der Waals surface area contributed by atoms with Gasteiger partial charge in [-0.15, -0.1) is 0 Å². The number of ether oxygens (including phenoxy) is 1. The highest BCUT2D eigenvalue weighted by Gasteiger charge is 2.35. The van der Waals surface area contributed by atoms with E-state index in [-0.39, 0.29) is 30.5 Å². The summed E-state index contributed by atoms with van der Waals surface area (Å²) in [6.07, 6.45) is 0.419. The maximum atomic E-state index is 12.6. The third-order valence-corrected chi connectivity index (χ3v) is 6.33. The minimum Gasteiger partial charge on any atom is -0.480 e. The summed E-state index contributed by atoms with van der Waals surface area (Å²) in [4.78, 5) is 37.5. The number of rotatable bonds is 6. The Kier molecular flexibility index (Phi) is 5.75. The molecule has 0 radical (unpaired) electrons. The van der Waals surface area contributed by atoms with E-state index in [1.54, 1.807) is 0 Å². The summed E-state index contributed by atoms with van der Waals surface area (Å²) in [7, 11) is 0. The average Bonchev–Trinajstić information content (AvgIpc) is 3.59. The van der Waals surface area contributed by atoms with E-state index in [1.807, 2.05) is 36.4 Å². The molecule has 34 heavy (non-hydrogen) atoms. The van der Waals surface area contributed by atoms with E-state index in [1.165, 1.54) is 11.0 Å². The number of aromatic nitrogens is 1. The molecule has 1 fully saturated rings. The van der Waals surface area contributed by atoms with Crippen LogP contribution in [-0.2, 0) is 16.1 Å². The number of carbonyl (C=O) groups is 3. The van der Waals surface area contributed by atoms with Gasteiger partial charge < -0.3 is 24.6 Å². The van der Waals surface area contributed by atoms with Crippen LogP contribution in [0.3, 0.4) is 0 Å². The molecule has 0 bridgehead atoms. The van der Waals surface area contributed by atoms with E-state index >= 15 is 0 Å². The minimum absolute atomic E-state index is 0.0116. The van der Waals surface area contributed by atoms with E-state index in [0.29, 0.717) is 19.4 Å². The predicted octanol–water partition coefficient (Wildman–Crippen LogP) is 3.40. The number of likely N-dealkylation sites (tertiary alicyclic amines) is 1. The van der Waals surface area contributed by atoms with Crippen LogP contribution in [0.15, 0.2) is 59.1 Å². The molecule has 9 nitrogen and oxygen atoms in total. The van der Waals surface area contributed by atoms with Gasteiger partial charge in [-0.05, 0) is 35.1 Å². The maximum absolute atomic E-state index is 12.6. The van der Waals surface area contributed by atoms with Crippen molar-refractivity contribution < 1.29 is 28.8 Å². The number of fused-ring (bicyclic) bond motifs is 3. The van der Waals surface area contributed by atoms with Crippen molar-refractivity contribution in [3.8, 4) is 11.1 Å². The molecule has 174 valence electrons. The topological polar surface area (TPSA) is 122 Å². The lowest BCUT2D eigenvalue weighted by atomic mass is 9.98. The van der Waals surface area contributed by atoms with E-state index in [0.717, 1.165) is 22.3 Å². The van der Waals surface area contributed by atoms with Gasteiger partial charge in [0.15, 0.2) is 11.5 Å². The number of carboxylic acid groups (broad SMARTS) is 1. The first-order chi connectivity index (χ1) is 16.5. The Morgan fingerprint density at radius 1 is 1.09 bits per heavy atom. The molecule has 2 N–H and O–H groups in total. The van der Waals surface area contributed by atoms with Gasteiger partial charge in [-0.25, -0.2) is 9.59 Å². The molecule has 2 heterocycles. The Hall–Kier alpha value is -4.14. The largest absolute Gasteiger partial charge is 0.480 e. The van der Waals surface area contributed by atoms with Crippen molar-refractivity contribution in [2.24, 2.45) is 0 Å². The second-order valence-electron chi connectivity index (χ2n) is 8.35. The molecule has 1 aliphatic heterocycles. The van der Waals surface area contributed by atoms with Gasteiger partial charge in [0.1, 0.15) is 12.6 Å². The van der Waals surface area contributed by atoms with Crippen LogP contribution in [0.1, 0.15) is 46.1 Å². The second kappa shape index (κ2) is 9.01. The van der Waals surface area contributed by atoms with E-state index in [2.05, 4.69) is 22.6 Å². The maximum Gasteiger partial charge on any atom is 0.407 e. The van der Waals surface area contributed by atoms with Crippen LogP contribution >= 0.6 is 0 Å². The smallest absolute Gasteiger partial charge is 0.407 e. The number of amides is 2. The van der Waals surface area contributed by atoms with Gasteiger partial charge in [0.05, 0.1) is 6.54 Å². The summed E-state index contributed by atoms with van der Waals surface area (Å²) in [6.45, 7) is 0.529. The quantitative estimate of drug-likeness (QED) is 0.577. The van der Waals surface area contributed by atoms with Gasteiger partial charge in [0.2, 0.25) is 0 Å². The average molecular weight is 461 g/mol. The monoisotopic (exact) mass is 461 g/mol. The number of aliphatic carboxylic acids is 1. The second-order valence-corrected chi connectivity index (χ2v) is 8.35. The van der Waals surface area contributed by atoms with Crippen LogP contribution in [0, 0.1) is 0 Å². The number of nitrogens with zero attached hydrogens (tertiary/aromatic N) is 2. The summed E-state index contributed by atoms with van der Waals surface area (Å²) in [5.41, 5.74) is 4.55. The Bertz CT molecular complexity index is 1210. The van der Waals surface area contributed by atoms with Crippen LogP contribution in [0.5, 0.6) is 0 Å². The van der Waals surface area contributed by atoms with Crippen molar-refractivity contribution in [3.05, 3.63) is 77.2 Å². The van der Waals surface area contributed by atoms with Crippen LogP contribution < -0.4 is 5.32 Å². The van der Waals surface area contributed by atoms with Crippen LogP contribution in [-0.4, -0.2) is 52.3 Å². The van der Waals surface area contributed by atoms with E-state index in [9.17, 15) is 19.5 Å². The van der Waals surface area contributed by atoms with Crippen molar-refractivity contribution in [1.29, 1.82) is 0 Å². The molecule has 1 atom stereocenters. The minimum atomic E-state index is -1.04. The zero-order chi connectivity index (χ0) is 23.7. The normalized spacial score (nSPS) is 16.7. The van der Waals surface area contributed by atoms with Crippen LogP contribution in [0.4, 0.5) is 4.79 Å². The Balaban J connectivity index is 1.17. The molecule has 9 heteroatoms. The molecule has 0 unspecified atom stereocenters. The Morgan fingerprint density at radius 3 is 2.44 bits per heavy atom. The molecule has 1 saturated heterocycles. The van der Waals surface area contributed by atoms with Gasteiger partial charge in [0.25, 0.3) is 5.91 Å². The molecular weight excluding hydrogens is 438 g/mol. The first kappa shape index (κ1) is 21.7. The third kappa shape index (κ3) is 4.00. The molecule has 2 aromatic carbocycles. The molecule has 0 spiro atoms. The molecule has 1 aromatic heterocycles. The zero-order valence-electron chi connectivity index (χ0n) is 18.3. The van der Waals surface area contributed by atoms with Gasteiger partial charge in [-0.2, -0.15) is 0 Å². The van der Waals surface area contributed by atoms with Gasteiger partial charge >= 0.3 is 12.1 Å². The van der Waals surface area contributed by atoms with Crippen molar-refractivity contribution in [3.63, 3.8) is 0 Å². The summed E-state index contributed by atoms with van der Waals surface area (Å²) >= 11 is 0. The lowest BCUT2D eigenvalue weighted by molar-refractivity contribution is -0.141. The van der Waals surface area contributed by atoms with Crippen LogP contribution in [0.2, 0.25) is 0 Å². The highest BCUT2D eigenvalue weighted by atomic mass is 16.5. The highest BCUT2D eigenvalue weighted by molar-refractivity contribution is 5.95.